The average Bonchev–Trinajstić information content (AvgIpc) is 2.58. The lowest BCUT2D eigenvalue weighted by atomic mass is 9.94. The molecule has 2 unspecified atom stereocenters. The molecule has 2 atom stereocenters. The molecular weight excluding hydrogens is 318 g/mol. The average molecular weight is 339 g/mol. The maximum atomic E-state index is 12.1. The van der Waals surface area contributed by atoms with Gasteiger partial charge >= 0.3 is 5.97 Å². The fourth-order valence-electron chi connectivity index (χ4n) is 2.46. The minimum Gasteiger partial charge on any atom is -0.497 e. The maximum Gasteiger partial charge on any atom is 0.326 e. The zero-order chi connectivity index (χ0) is 16.7. The summed E-state index contributed by atoms with van der Waals surface area (Å²) in [5.41, 5.74) is 0. The van der Waals surface area contributed by atoms with E-state index < -0.39 is 12.0 Å². The van der Waals surface area contributed by atoms with Crippen LogP contribution in [0.2, 0.25) is 0 Å². The van der Waals surface area contributed by atoms with E-state index in [4.69, 9.17) is 9.47 Å². The first-order chi connectivity index (χ1) is 11.1. The van der Waals surface area contributed by atoms with Crippen LogP contribution in [0.3, 0.4) is 0 Å². The number of carboxylic acids is 1. The van der Waals surface area contributed by atoms with Crippen LogP contribution < -0.4 is 10.1 Å². The molecule has 23 heavy (non-hydrogen) atoms. The second-order valence-electron chi connectivity index (χ2n) is 5.33. The number of thioether (sulfide) groups is 1. The molecule has 0 aliphatic carbocycles. The monoisotopic (exact) mass is 339 g/mol. The van der Waals surface area contributed by atoms with Crippen molar-refractivity contribution in [3.63, 3.8) is 0 Å². The Morgan fingerprint density at radius 2 is 2.35 bits per heavy atom. The van der Waals surface area contributed by atoms with Crippen molar-refractivity contribution < 1.29 is 24.2 Å². The van der Waals surface area contributed by atoms with Crippen molar-refractivity contribution in [2.24, 2.45) is 5.92 Å². The summed E-state index contributed by atoms with van der Waals surface area (Å²) in [5.74, 6) is -0.605. The molecule has 2 rings (SSSR count). The van der Waals surface area contributed by atoms with Gasteiger partial charge in [0.05, 0.1) is 19.5 Å². The van der Waals surface area contributed by atoms with Gasteiger partial charge < -0.3 is 19.9 Å². The van der Waals surface area contributed by atoms with Crippen LogP contribution in [0.15, 0.2) is 29.2 Å². The molecule has 1 aliphatic heterocycles. The van der Waals surface area contributed by atoms with Gasteiger partial charge in [-0.1, -0.05) is 6.07 Å². The van der Waals surface area contributed by atoms with Crippen molar-refractivity contribution >= 4 is 23.6 Å². The standard InChI is InChI=1S/C16H21NO5S/c1-21-12-5-2-6-13(8-12)23-10-14(18)17-15(16(19)20)11-4-3-7-22-9-11/h2,5-6,8,11,15H,3-4,7,9-10H2,1H3,(H,17,18)(H,19,20). The van der Waals surface area contributed by atoms with Gasteiger partial charge in [-0.15, -0.1) is 11.8 Å². The number of methoxy groups -OCH3 is 1. The first-order valence-corrected chi connectivity index (χ1v) is 8.45. The number of ether oxygens (including phenoxy) is 2. The molecule has 1 aromatic carbocycles. The Bertz CT molecular complexity index is 545. The van der Waals surface area contributed by atoms with E-state index in [0.29, 0.717) is 13.2 Å². The number of nitrogens with one attached hydrogen (secondary N) is 1. The molecule has 0 bridgehead atoms. The lowest BCUT2D eigenvalue weighted by Gasteiger charge is -2.28. The lowest BCUT2D eigenvalue weighted by molar-refractivity contribution is -0.144. The number of carboxylic acid groups (broad SMARTS) is 1. The Kier molecular flexibility index (Phi) is 6.73. The van der Waals surface area contributed by atoms with Gasteiger partial charge in [-0.25, -0.2) is 4.79 Å². The van der Waals surface area contributed by atoms with Gasteiger partial charge in [0.1, 0.15) is 11.8 Å². The van der Waals surface area contributed by atoms with Crippen LogP contribution in [-0.4, -0.2) is 49.1 Å². The van der Waals surface area contributed by atoms with E-state index in [1.807, 2.05) is 24.3 Å². The minimum atomic E-state index is -1.01. The third kappa shape index (κ3) is 5.44. The number of aliphatic carboxylic acids is 1. The van der Waals surface area contributed by atoms with Crippen LogP contribution in [0.4, 0.5) is 0 Å². The molecule has 2 N–H and O–H groups in total. The van der Waals surface area contributed by atoms with Gasteiger partial charge in [-0.2, -0.15) is 0 Å². The smallest absolute Gasteiger partial charge is 0.326 e. The Labute approximate surface area is 139 Å². The Morgan fingerprint density at radius 1 is 1.52 bits per heavy atom. The number of carbonyl (C=O) groups is 2. The fourth-order valence-corrected chi connectivity index (χ4v) is 3.22. The number of hydrogen-bond acceptors (Lipinski definition) is 5. The zero-order valence-electron chi connectivity index (χ0n) is 13.0. The summed E-state index contributed by atoms with van der Waals surface area (Å²) < 4.78 is 10.4. The van der Waals surface area contributed by atoms with Crippen LogP contribution in [-0.2, 0) is 14.3 Å². The highest BCUT2D eigenvalue weighted by molar-refractivity contribution is 8.00. The third-order valence-electron chi connectivity index (χ3n) is 3.66. The molecule has 6 nitrogen and oxygen atoms in total. The van der Waals surface area contributed by atoms with Gasteiger partial charge in [-0.05, 0) is 31.0 Å². The van der Waals surface area contributed by atoms with E-state index in [1.165, 1.54) is 11.8 Å². The molecule has 0 saturated carbocycles. The van der Waals surface area contributed by atoms with Crippen molar-refractivity contribution in [3.8, 4) is 5.75 Å². The molecule has 0 spiro atoms. The van der Waals surface area contributed by atoms with Crippen molar-refractivity contribution in [1.82, 2.24) is 5.32 Å². The van der Waals surface area contributed by atoms with E-state index in [-0.39, 0.29) is 17.6 Å². The highest BCUT2D eigenvalue weighted by Crippen LogP contribution is 2.23. The summed E-state index contributed by atoms with van der Waals surface area (Å²) >= 11 is 1.34. The van der Waals surface area contributed by atoms with Crippen molar-refractivity contribution in [1.29, 1.82) is 0 Å². The molecule has 1 amide bonds. The fraction of sp³-hybridized carbons (Fsp3) is 0.500. The van der Waals surface area contributed by atoms with E-state index in [9.17, 15) is 14.7 Å². The van der Waals surface area contributed by atoms with Gasteiger partial charge in [-0.3, -0.25) is 4.79 Å². The van der Waals surface area contributed by atoms with Crippen molar-refractivity contribution in [3.05, 3.63) is 24.3 Å². The van der Waals surface area contributed by atoms with Gasteiger partial charge in [0.25, 0.3) is 0 Å². The summed E-state index contributed by atoms with van der Waals surface area (Å²) in [6.07, 6.45) is 1.57. The van der Waals surface area contributed by atoms with Crippen LogP contribution in [0, 0.1) is 5.92 Å². The van der Waals surface area contributed by atoms with Crippen LogP contribution >= 0.6 is 11.8 Å². The normalized spacial score (nSPS) is 18.9. The highest BCUT2D eigenvalue weighted by atomic mass is 32.2. The minimum absolute atomic E-state index is 0.157. The van der Waals surface area contributed by atoms with E-state index in [0.717, 1.165) is 23.5 Å². The van der Waals surface area contributed by atoms with Crippen LogP contribution in [0.1, 0.15) is 12.8 Å². The number of benzene rings is 1. The lowest BCUT2D eigenvalue weighted by Crippen LogP contribution is -2.48. The van der Waals surface area contributed by atoms with Crippen LogP contribution in [0.5, 0.6) is 5.75 Å². The second kappa shape index (κ2) is 8.79. The van der Waals surface area contributed by atoms with Gasteiger partial charge in [0.2, 0.25) is 5.91 Å². The number of rotatable bonds is 7. The topological polar surface area (TPSA) is 84.9 Å². The predicted molar refractivity (Wildman–Crippen MR) is 86.8 cm³/mol. The Hall–Kier alpha value is -1.73. The highest BCUT2D eigenvalue weighted by Gasteiger charge is 2.31. The SMILES string of the molecule is COc1cccc(SCC(=O)NC(C(=O)O)C2CCCOC2)c1. The summed E-state index contributed by atoms with van der Waals surface area (Å²) in [7, 11) is 1.58. The summed E-state index contributed by atoms with van der Waals surface area (Å²) in [6, 6.07) is 6.49. The molecule has 7 heteroatoms. The molecule has 1 saturated heterocycles. The number of amides is 1. The molecular formula is C16H21NO5S. The molecule has 1 fully saturated rings. The van der Waals surface area contributed by atoms with E-state index in [2.05, 4.69) is 5.32 Å². The Balaban J connectivity index is 1.87. The van der Waals surface area contributed by atoms with Crippen LogP contribution in [0.25, 0.3) is 0 Å². The maximum absolute atomic E-state index is 12.1. The largest absolute Gasteiger partial charge is 0.497 e. The zero-order valence-corrected chi connectivity index (χ0v) is 13.8. The predicted octanol–water partition coefficient (Wildman–Crippen LogP) is 1.78. The summed E-state index contributed by atoms with van der Waals surface area (Å²) in [4.78, 5) is 24.4. The quantitative estimate of drug-likeness (QED) is 0.737. The second-order valence-corrected chi connectivity index (χ2v) is 6.38. The molecule has 1 aromatic rings. The van der Waals surface area contributed by atoms with Gasteiger partial charge in [0, 0.05) is 17.4 Å². The molecule has 1 aliphatic rings. The van der Waals surface area contributed by atoms with E-state index >= 15 is 0 Å². The molecule has 126 valence electrons. The number of hydrogen-bond donors (Lipinski definition) is 2. The first-order valence-electron chi connectivity index (χ1n) is 7.47. The summed E-state index contributed by atoms with van der Waals surface area (Å²) in [5, 5.41) is 11.9. The third-order valence-corrected chi connectivity index (χ3v) is 4.65. The summed E-state index contributed by atoms with van der Waals surface area (Å²) in [6.45, 7) is 1.03. The van der Waals surface area contributed by atoms with Crippen molar-refractivity contribution in [2.45, 2.75) is 23.8 Å². The molecule has 0 radical (unpaired) electrons. The number of carbonyl (C=O) groups excluding carboxylic acids is 1. The Morgan fingerprint density at radius 3 is 3.00 bits per heavy atom. The first kappa shape index (κ1) is 17.6. The van der Waals surface area contributed by atoms with E-state index in [1.54, 1.807) is 7.11 Å². The van der Waals surface area contributed by atoms with Gasteiger partial charge in [0.15, 0.2) is 0 Å². The molecule has 1 heterocycles. The molecule has 0 aromatic heterocycles. The van der Waals surface area contributed by atoms with Crippen molar-refractivity contribution in [2.75, 3.05) is 26.1 Å².